The van der Waals surface area contributed by atoms with Crippen LogP contribution in [0.4, 0.5) is 0 Å². The van der Waals surface area contributed by atoms with E-state index in [0.29, 0.717) is 0 Å². The Bertz CT molecular complexity index is 489. The Balaban J connectivity index is 2.82. The summed E-state index contributed by atoms with van der Waals surface area (Å²) in [5, 5.41) is 8.51. The molecule has 0 spiro atoms. The number of carboxylic acid groups (broad SMARTS) is 1. The number of aryl methyl sites for hydroxylation is 1. The standard InChI is InChI=1S/C11H14O5S/c1-8-3-5-10(6-4-8)17(14,15)16-9(2)7-11(12)13/h3-6,9H,7H2,1-2H3,(H,12,13). The molecule has 0 bridgehead atoms. The molecule has 17 heavy (non-hydrogen) atoms. The molecule has 0 aliphatic carbocycles. The fourth-order valence-electron chi connectivity index (χ4n) is 1.26. The van der Waals surface area contributed by atoms with Crippen molar-refractivity contribution in [3.8, 4) is 0 Å². The Morgan fingerprint density at radius 3 is 2.35 bits per heavy atom. The van der Waals surface area contributed by atoms with Crippen molar-refractivity contribution >= 4 is 16.1 Å². The summed E-state index contributed by atoms with van der Waals surface area (Å²) in [6, 6.07) is 6.16. The van der Waals surface area contributed by atoms with Crippen molar-refractivity contribution in [1.82, 2.24) is 0 Å². The molecule has 0 saturated heterocycles. The van der Waals surface area contributed by atoms with E-state index < -0.39 is 22.2 Å². The summed E-state index contributed by atoms with van der Waals surface area (Å²) < 4.78 is 28.2. The molecular formula is C11H14O5S. The first-order chi connectivity index (χ1) is 7.81. The van der Waals surface area contributed by atoms with Crippen LogP contribution in [0.3, 0.4) is 0 Å². The number of carbonyl (C=O) groups is 1. The number of rotatable bonds is 5. The van der Waals surface area contributed by atoms with E-state index in [1.807, 2.05) is 6.92 Å². The first-order valence-corrected chi connectivity index (χ1v) is 6.44. The van der Waals surface area contributed by atoms with E-state index in [1.54, 1.807) is 12.1 Å². The lowest BCUT2D eigenvalue weighted by molar-refractivity contribution is -0.138. The van der Waals surface area contributed by atoms with Crippen LogP contribution in [0.5, 0.6) is 0 Å². The summed E-state index contributed by atoms with van der Waals surface area (Å²) in [6.45, 7) is 3.24. The maximum Gasteiger partial charge on any atom is 0.306 e. The predicted molar refractivity (Wildman–Crippen MR) is 61.2 cm³/mol. The molecule has 94 valence electrons. The molecule has 1 aromatic carbocycles. The van der Waals surface area contributed by atoms with Gasteiger partial charge in [0.2, 0.25) is 0 Å². The molecule has 1 N–H and O–H groups in total. The van der Waals surface area contributed by atoms with Crippen molar-refractivity contribution < 1.29 is 22.5 Å². The predicted octanol–water partition coefficient (Wildman–Crippen LogP) is 1.56. The van der Waals surface area contributed by atoms with Gasteiger partial charge in [-0.15, -0.1) is 0 Å². The van der Waals surface area contributed by atoms with Crippen molar-refractivity contribution in [2.45, 2.75) is 31.3 Å². The van der Waals surface area contributed by atoms with E-state index in [-0.39, 0.29) is 11.3 Å². The van der Waals surface area contributed by atoms with Gasteiger partial charge in [-0.3, -0.25) is 8.98 Å². The van der Waals surface area contributed by atoms with Crippen LogP contribution in [0.2, 0.25) is 0 Å². The molecule has 1 aromatic rings. The summed E-state index contributed by atoms with van der Waals surface area (Å²) >= 11 is 0. The van der Waals surface area contributed by atoms with Gasteiger partial charge in [-0.25, -0.2) is 0 Å². The first kappa shape index (κ1) is 13.7. The lowest BCUT2D eigenvalue weighted by atomic mass is 10.2. The highest BCUT2D eigenvalue weighted by Crippen LogP contribution is 2.16. The molecule has 0 amide bonds. The van der Waals surface area contributed by atoms with Crippen molar-refractivity contribution in [3.63, 3.8) is 0 Å². The fourth-order valence-corrected chi connectivity index (χ4v) is 2.34. The summed E-state index contributed by atoms with van der Waals surface area (Å²) in [4.78, 5) is 10.4. The van der Waals surface area contributed by atoms with E-state index in [0.717, 1.165) is 5.56 Å². The topological polar surface area (TPSA) is 80.7 Å². The fraction of sp³-hybridized carbons (Fsp3) is 0.364. The van der Waals surface area contributed by atoms with Gasteiger partial charge in [0.15, 0.2) is 0 Å². The summed E-state index contributed by atoms with van der Waals surface area (Å²) in [7, 11) is -3.89. The van der Waals surface area contributed by atoms with E-state index in [2.05, 4.69) is 0 Å². The summed E-state index contributed by atoms with van der Waals surface area (Å²) in [5.41, 5.74) is 0.933. The zero-order chi connectivity index (χ0) is 13.1. The molecule has 5 nitrogen and oxygen atoms in total. The van der Waals surface area contributed by atoms with Crippen LogP contribution in [0.1, 0.15) is 18.9 Å². The second-order valence-corrected chi connectivity index (χ2v) is 5.34. The Morgan fingerprint density at radius 2 is 1.88 bits per heavy atom. The van der Waals surface area contributed by atoms with E-state index >= 15 is 0 Å². The van der Waals surface area contributed by atoms with Crippen molar-refractivity contribution in [3.05, 3.63) is 29.8 Å². The molecule has 1 atom stereocenters. The minimum absolute atomic E-state index is 0.0281. The number of hydrogen-bond donors (Lipinski definition) is 1. The second kappa shape index (κ2) is 5.29. The van der Waals surface area contributed by atoms with Crippen molar-refractivity contribution in [2.24, 2.45) is 0 Å². The third kappa shape index (κ3) is 4.16. The maximum absolute atomic E-state index is 11.7. The van der Waals surface area contributed by atoms with Crippen LogP contribution in [0.15, 0.2) is 29.2 Å². The average molecular weight is 258 g/mol. The lowest BCUT2D eigenvalue weighted by Gasteiger charge is -2.10. The third-order valence-corrected chi connectivity index (χ3v) is 3.49. The Morgan fingerprint density at radius 1 is 1.35 bits per heavy atom. The zero-order valence-corrected chi connectivity index (χ0v) is 10.4. The zero-order valence-electron chi connectivity index (χ0n) is 9.58. The van der Waals surface area contributed by atoms with Gasteiger partial charge < -0.3 is 5.11 Å². The first-order valence-electron chi connectivity index (χ1n) is 5.03. The normalized spacial score (nSPS) is 13.3. The molecule has 6 heteroatoms. The molecule has 0 aliphatic heterocycles. The van der Waals surface area contributed by atoms with Crippen LogP contribution in [0, 0.1) is 6.92 Å². The van der Waals surface area contributed by atoms with E-state index in [9.17, 15) is 13.2 Å². The molecule has 1 unspecified atom stereocenters. The molecule has 0 radical (unpaired) electrons. The van der Waals surface area contributed by atoms with Crippen LogP contribution in [0.25, 0.3) is 0 Å². The van der Waals surface area contributed by atoms with Gasteiger partial charge in [-0.1, -0.05) is 17.7 Å². The number of benzene rings is 1. The van der Waals surface area contributed by atoms with Gasteiger partial charge in [-0.2, -0.15) is 8.42 Å². The Kier molecular flexibility index (Phi) is 4.25. The van der Waals surface area contributed by atoms with Gasteiger partial charge in [0.05, 0.1) is 17.4 Å². The Labute approximate surface area is 100 Å². The minimum atomic E-state index is -3.89. The number of aliphatic carboxylic acids is 1. The molecular weight excluding hydrogens is 244 g/mol. The molecule has 1 rings (SSSR count). The minimum Gasteiger partial charge on any atom is -0.481 e. The SMILES string of the molecule is Cc1ccc(S(=O)(=O)OC(C)CC(=O)O)cc1. The van der Waals surface area contributed by atoms with Gasteiger partial charge in [0, 0.05) is 0 Å². The molecule has 0 heterocycles. The average Bonchev–Trinajstić information content (AvgIpc) is 2.15. The van der Waals surface area contributed by atoms with Crippen LogP contribution in [-0.4, -0.2) is 25.6 Å². The highest BCUT2D eigenvalue weighted by Gasteiger charge is 2.20. The molecule has 0 saturated carbocycles. The third-order valence-electron chi connectivity index (χ3n) is 2.06. The van der Waals surface area contributed by atoms with Crippen molar-refractivity contribution in [1.29, 1.82) is 0 Å². The smallest absolute Gasteiger partial charge is 0.306 e. The maximum atomic E-state index is 11.7. The monoisotopic (exact) mass is 258 g/mol. The number of carboxylic acids is 1. The quantitative estimate of drug-likeness (QED) is 0.811. The van der Waals surface area contributed by atoms with Crippen LogP contribution in [-0.2, 0) is 19.1 Å². The van der Waals surface area contributed by atoms with Gasteiger partial charge in [0.25, 0.3) is 10.1 Å². The largest absolute Gasteiger partial charge is 0.481 e. The number of hydrogen-bond acceptors (Lipinski definition) is 4. The summed E-state index contributed by atoms with van der Waals surface area (Å²) in [6.07, 6.45) is -1.25. The molecule has 0 aliphatic rings. The highest BCUT2D eigenvalue weighted by molar-refractivity contribution is 7.86. The highest BCUT2D eigenvalue weighted by atomic mass is 32.2. The second-order valence-electron chi connectivity index (χ2n) is 3.77. The molecule has 0 fully saturated rings. The van der Waals surface area contributed by atoms with Gasteiger partial charge in [0.1, 0.15) is 0 Å². The Hall–Kier alpha value is -1.40. The van der Waals surface area contributed by atoms with Crippen LogP contribution >= 0.6 is 0 Å². The van der Waals surface area contributed by atoms with Crippen LogP contribution < -0.4 is 0 Å². The van der Waals surface area contributed by atoms with E-state index in [4.69, 9.17) is 9.29 Å². The van der Waals surface area contributed by atoms with Crippen molar-refractivity contribution in [2.75, 3.05) is 0 Å². The van der Waals surface area contributed by atoms with Gasteiger partial charge >= 0.3 is 5.97 Å². The van der Waals surface area contributed by atoms with Gasteiger partial charge in [-0.05, 0) is 26.0 Å². The van der Waals surface area contributed by atoms with E-state index in [1.165, 1.54) is 19.1 Å². The molecule has 0 aromatic heterocycles. The summed E-state index contributed by atoms with van der Waals surface area (Å²) in [5.74, 6) is -1.10. The lowest BCUT2D eigenvalue weighted by Crippen LogP contribution is -2.18.